The van der Waals surface area contributed by atoms with Gasteiger partial charge in [-0.1, -0.05) is 60.7 Å². The summed E-state index contributed by atoms with van der Waals surface area (Å²) in [7, 11) is 0. The van der Waals surface area contributed by atoms with Crippen molar-refractivity contribution in [2.45, 2.75) is 6.92 Å². The van der Waals surface area contributed by atoms with E-state index in [0.717, 1.165) is 28.2 Å². The Labute approximate surface area is 130 Å². The van der Waals surface area contributed by atoms with Gasteiger partial charge >= 0.3 is 0 Å². The minimum absolute atomic E-state index is 0.870. The monoisotopic (exact) mass is 287 g/mol. The molecule has 2 aromatic carbocycles. The highest BCUT2D eigenvalue weighted by atomic mass is 15.3. The molecule has 0 aliphatic carbocycles. The van der Waals surface area contributed by atoms with Crippen molar-refractivity contribution in [1.82, 2.24) is 4.98 Å². The number of rotatable bonds is 4. The lowest BCUT2D eigenvalue weighted by molar-refractivity contribution is 1.18. The lowest BCUT2D eigenvalue weighted by Crippen LogP contribution is -2.06. The van der Waals surface area contributed by atoms with E-state index in [0.29, 0.717) is 0 Å². The SMILES string of the molecule is Cc1ccc(NN=C(c2ccccc2)c2ccccc2)cn1. The van der Waals surface area contributed by atoms with E-state index in [9.17, 15) is 0 Å². The zero-order valence-electron chi connectivity index (χ0n) is 12.4. The molecular weight excluding hydrogens is 270 g/mol. The van der Waals surface area contributed by atoms with Crippen LogP contribution < -0.4 is 5.43 Å². The van der Waals surface area contributed by atoms with E-state index in [1.807, 2.05) is 55.5 Å². The fourth-order valence-electron chi connectivity index (χ4n) is 2.14. The summed E-state index contributed by atoms with van der Waals surface area (Å²) in [4.78, 5) is 4.27. The third-order valence-electron chi connectivity index (χ3n) is 3.30. The van der Waals surface area contributed by atoms with Crippen molar-refractivity contribution in [3.8, 4) is 0 Å². The van der Waals surface area contributed by atoms with Crippen molar-refractivity contribution >= 4 is 11.4 Å². The average molecular weight is 287 g/mol. The topological polar surface area (TPSA) is 37.3 Å². The summed E-state index contributed by atoms with van der Waals surface area (Å²) in [6, 6.07) is 24.2. The molecule has 0 spiro atoms. The van der Waals surface area contributed by atoms with Crippen LogP contribution in [0.15, 0.2) is 84.1 Å². The standard InChI is InChI=1S/C19H17N3/c1-15-12-13-18(14-20-15)21-22-19(16-8-4-2-5-9-16)17-10-6-3-7-11-17/h2-14,21H,1H3. The molecule has 0 bridgehead atoms. The number of pyridine rings is 1. The second kappa shape index (κ2) is 6.68. The third-order valence-corrected chi connectivity index (χ3v) is 3.30. The summed E-state index contributed by atoms with van der Waals surface area (Å²) >= 11 is 0. The molecule has 0 aliphatic rings. The van der Waals surface area contributed by atoms with Crippen LogP contribution in [-0.2, 0) is 0 Å². The van der Waals surface area contributed by atoms with E-state index in [4.69, 9.17) is 0 Å². The summed E-state index contributed by atoms with van der Waals surface area (Å²) in [6.45, 7) is 1.96. The summed E-state index contributed by atoms with van der Waals surface area (Å²) in [5.74, 6) is 0. The Morgan fingerprint density at radius 1 is 0.818 bits per heavy atom. The first kappa shape index (κ1) is 14.0. The van der Waals surface area contributed by atoms with Gasteiger partial charge in [0.25, 0.3) is 0 Å². The third kappa shape index (κ3) is 3.38. The maximum Gasteiger partial charge on any atom is 0.0977 e. The number of hydrogen-bond acceptors (Lipinski definition) is 3. The maximum absolute atomic E-state index is 4.59. The van der Waals surface area contributed by atoms with E-state index >= 15 is 0 Å². The van der Waals surface area contributed by atoms with E-state index in [-0.39, 0.29) is 0 Å². The van der Waals surface area contributed by atoms with Gasteiger partial charge in [-0.3, -0.25) is 10.4 Å². The van der Waals surface area contributed by atoms with Crippen molar-refractivity contribution in [3.63, 3.8) is 0 Å². The number of benzene rings is 2. The van der Waals surface area contributed by atoms with Crippen LogP contribution in [0.1, 0.15) is 16.8 Å². The molecule has 3 nitrogen and oxygen atoms in total. The summed E-state index contributed by atoms with van der Waals surface area (Å²) in [6.07, 6.45) is 1.78. The molecule has 0 aliphatic heterocycles. The molecule has 0 atom stereocenters. The van der Waals surface area contributed by atoms with Gasteiger partial charge in [0, 0.05) is 16.8 Å². The van der Waals surface area contributed by atoms with E-state index in [1.165, 1.54) is 0 Å². The first-order valence-electron chi connectivity index (χ1n) is 7.20. The van der Waals surface area contributed by atoms with Crippen LogP contribution in [0.5, 0.6) is 0 Å². The maximum atomic E-state index is 4.59. The summed E-state index contributed by atoms with van der Waals surface area (Å²) < 4.78 is 0. The lowest BCUT2D eigenvalue weighted by atomic mass is 10.0. The van der Waals surface area contributed by atoms with Gasteiger partial charge in [0.05, 0.1) is 17.6 Å². The number of hydrogen-bond donors (Lipinski definition) is 1. The Balaban J connectivity index is 1.95. The Morgan fingerprint density at radius 2 is 1.41 bits per heavy atom. The van der Waals surface area contributed by atoms with Crippen LogP contribution in [-0.4, -0.2) is 10.7 Å². The van der Waals surface area contributed by atoms with Crippen molar-refractivity contribution < 1.29 is 0 Å². The predicted octanol–water partition coefficient (Wildman–Crippen LogP) is 4.25. The quantitative estimate of drug-likeness (QED) is 0.575. The molecule has 3 heteroatoms. The summed E-state index contributed by atoms with van der Waals surface area (Å²) in [5.41, 5.74) is 8.00. The Bertz CT molecular complexity index is 706. The molecule has 0 radical (unpaired) electrons. The molecule has 0 saturated heterocycles. The van der Waals surface area contributed by atoms with Crippen LogP contribution in [0.3, 0.4) is 0 Å². The number of hydrazone groups is 1. The Hall–Kier alpha value is -2.94. The van der Waals surface area contributed by atoms with Crippen molar-refractivity contribution in [1.29, 1.82) is 0 Å². The molecule has 3 aromatic rings. The van der Waals surface area contributed by atoms with Gasteiger partial charge in [-0.2, -0.15) is 5.10 Å². The second-order valence-corrected chi connectivity index (χ2v) is 4.99. The van der Waals surface area contributed by atoms with E-state index < -0.39 is 0 Å². The highest BCUT2D eigenvalue weighted by molar-refractivity contribution is 6.13. The zero-order chi connectivity index (χ0) is 15.2. The Kier molecular flexibility index (Phi) is 4.25. The molecule has 0 saturated carbocycles. The van der Waals surface area contributed by atoms with Gasteiger partial charge in [-0.15, -0.1) is 0 Å². The van der Waals surface area contributed by atoms with Gasteiger partial charge in [0.2, 0.25) is 0 Å². The zero-order valence-corrected chi connectivity index (χ0v) is 12.4. The number of nitrogens with one attached hydrogen (secondary N) is 1. The average Bonchev–Trinajstić information content (AvgIpc) is 2.59. The molecule has 0 unspecified atom stereocenters. The molecule has 1 N–H and O–H groups in total. The van der Waals surface area contributed by atoms with Gasteiger partial charge in [0.15, 0.2) is 0 Å². The fourth-order valence-corrected chi connectivity index (χ4v) is 2.14. The minimum Gasteiger partial charge on any atom is -0.276 e. The number of anilines is 1. The van der Waals surface area contributed by atoms with Gasteiger partial charge in [0.1, 0.15) is 0 Å². The van der Waals surface area contributed by atoms with Crippen LogP contribution in [0.25, 0.3) is 0 Å². The molecule has 1 heterocycles. The van der Waals surface area contributed by atoms with Crippen LogP contribution in [0.2, 0.25) is 0 Å². The first-order chi connectivity index (χ1) is 10.8. The van der Waals surface area contributed by atoms with Crippen molar-refractivity contribution in [2.75, 3.05) is 5.43 Å². The van der Waals surface area contributed by atoms with Crippen LogP contribution in [0.4, 0.5) is 5.69 Å². The van der Waals surface area contributed by atoms with Gasteiger partial charge in [-0.25, -0.2) is 0 Å². The summed E-state index contributed by atoms with van der Waals surface area (Å²) in [5, 5.41) is 4.59. The normalized spacial score (nSPS) is 10.0. The fraction of sp³-hybridized carbons (Fsp3) is 0.0526. The lowest BCUT2D eigenvalue weighted by Gasteiger charge is -2.08. The van der Waals surface area contributed by atoms with Crippen molar-refractivity contribution in [2.24, 2.45) is 5.10 Å². The first-order valence-corrected chi connectivity index (χ1v) is 7.20. The smallest absolute Gasteiger partial charge is 0.0977 e. The second-order valence-electron chi connectivity index (χ2n) is 4.99. The highest BCUT2D eigenvalue weighted by Gasteiger charge is 2.06. The molecule has 108 valence electrons. The van der Waals surface area contributed by atoms with E-state index in [2.05, 4.69) is 39.8 Å². The molecule has 3 rings (SSSR count). The minimum atomic E-state index is 0.870. The van der Waals surface area contributed by atoms with Crippen LogP contribution >= 0.6 is 0 Å². The Morgan fingerprint density at radius 3 is 1.91 bits per heavy atom. The number of nitrogens with zero attached hydrogens (tertiary/aromatic N) is 2. The van der Waals surface area contributed by atoms with Gasteiger partial charge < -0.3 is 0 Å². The van der Waals surface area contributed by atoms with Crippen molar-refractivity contribution in [3.05, 3.63) is 95.8 Å². The van der Waals surface area contributed by atoms with Gasteiger partial charge in [-0.05, 0) is 19.1 Å². The largest absolute Gasteiger partial charge is 0.276 e. The molecule has 22 heavy (non-hydrogen) atoms. The van der Waals surface area contributed by atoms with Crippen LogP contribution in [0, 0.1) is 6.92 Å². The molecule has 0 amide bonds. The number of aromatic nitrogens is 1. The highest BCUT2D eigenvalue weighted by Crippen LogP contribution is 2.12. The number of aryl methyl sites for hydroxylation is 1. The molecule has 1 aromatic heterocycles. The molecular formula is C19H17N3. The molecule has 0 fully saturated rings. The van der Waals surface area contributed by atoms with E-state index in [1.54, 1.807) is 6.20 Å². The predicted molar refractivity (Wildman–Crippen MR) is 91.1 cm³/mol.